The van der Waals surface area contributed by atoms with E-state index in [9.17, 15) is 9.59 Å². The number of amides is 1. The number of ether oxygens (including phenoxy) is 1. The van der Waals surface area contributed by atoms with Crippen LogP contribution >= 0.6 is 0 Å². The lowest BCUT2D eigenvalue weighted by Crippen LogP contribution is -2.49. The van der Waals surface area contributed by atoms with Gasteiger partial charge in [0.05, 0.1) is 12.2 Å². The van der Waals surface area contributed by atoms with Gasteiger partial charge in [0.2, 0.25) is 5.91 Å². The molecule has 2 aromatic carbocycles. The number of anilines is 2. The van der Waals surface area contributed by atoms with Crippen molar-refractivity contribution < 1.29 is 14.3 Å². The monoisotopic (exact) mass is 395 g/mol. The lowest BCUT2D eigenvalue weighted by atomic mass is 10.2. The predicted octanol–water partition coefficient (Wildman–Crippen LogP) is 3.32. The number of carbonyl (C=O) groups excluding carboxylic acids is 2. The average molecular weight is 396 g/mol. The molecule has 3 rings (SSSR count). The Morgan fingerprint density at radius 2 is 1.76 bits per heavy atom. The van der Waals surface area contributed by atoms with Crippen molar-refractivity contribution in [3.05, 3.63) is 59.7 Å². The molecule has 1 aliphatic rings. The first-order valence-corrected chi connectivity index (χ1v) is 10.2. The van der Waals surface area contributed by atoms with Gasteiger partial charge in [-0.05, 0) is 55.8 Å². The number of esters is 1. The molecule has 1 fully saturated rings. The number of carbonyl (C=O) groups is 2. The molecular weight excluding hydrogens is 366 g/mol. The molecule has 6 heteroatoms. The SMILES string of the molecule is CCOC(=O)c1ccc(NCCC(=O)N2CCN(c3cccc(C)c3)CC2)cc1. The minimum absolute atomic E-state index is 0.171. The zero-order chi connectivity index (χ0) is 20.6. The fraction of sp³-hybridized carbons (Fsp3) is 0.391. The Morgan fingerprint density at radius 1 is 1.03 bits per heavy atom. The van der Waals surface area contributed by atoms with Gasteiger partial charge in [-0.25, -0.2) is 4.79 Å². The van der Waals surface area contributed by atoms with E-state index < -0.39 is 0 Å². The summed E-state index contributed by atoms with van der Waals surface area (Å²) in [5.74, 6) is -0.149. The zero-order valence-corrected chi connectivity index (χ0v) is 17.2. The van der Waals surface area contributed by atoms with Gasteiger partial charge in [-0.3, -0.25) is 4.79 Å². The van der Waals surface area contributed by atoms with Crippen LogP contribution in [0.3, 0.4) is 0 Å². The van der Waals surface area contributed by atoms with Crippen molar-refractivity contribution >= 4 is 23.3 Å². The summed E-state index contributed by atoms with van der Waals surface area (Å²) in [5, 5.41) is 3.24. The molecular formula is C23H29N3O3. The Morgan fingerprint density at radius 3 is 2.41 bits per heavy atom. The van der Waals surface area contributed by atoms with Gasteiger partial charge in [0.15, 0.2) is 0 Å². The average Bonchev–Trinajstić information content (AvgIpc) is 2.74. The molecule has 1 N–H and O–H groups in total. The van der Waals surface area contributed by atoms with Crippen LogP contribution in [0, 0.1) is 6.92 Å². The lowest BCUT2D eigenvalue weighted by Gasteiger charge is -2.36. The molecule has 2 aromatic rings. The summed E-state index contributed by atoms with van der Waals surface area (Å²) in [6, 6.07) is 15.6. The Hall–Kier alpha value is -3.02. The molecule has 1 heterocycles. The van der Waals surface area contributed by atoms with Crippen LogP contribution < -0.4 is 10.2 Å². The molecule has 0 aromatic heterocycles. The molecule has 0 radical (unpaired) electrons. The van der Waals surface area contributed by atoms with Crippen molar-refractivity contribution in [2.75, 3.05) is 49.5 Å². The highest BCUT2D eigenvalue weighted by molar-refractivity contribution is 5.89. The van der Waals surface area contributed by atoms with E-state index in [0.717, 1.165) is 31.9 Å². The molecule has 1 aliphatic heterocycles. The molecule has 29 heavy (non-hydrogen) atoms. The van der Waals surface area contributed by atoms with Gasteiger partial charge >= 0.3 is 5.97 Å². The smallest absolute Gasteiger partial charge is 0.338 e. The van der Waals surface area contributed by atoms with Gasteiger partial charge in [0.1, 0.15) is 0 Å². The second kappa shape index (κ2) is 9.96. The molecule has 0 atom stereocenters. The van der Waals surface area contributed by atoms with Crippen molar-refractivity contribution in [3.8, 4) is 0 Å². The normalized spacial score (nSPS) is 13.9. The molecule has 154 valence electrons. The molecule has 0 bridgehead atoms. The quantitative estimate of drug-likeness (QED) is 0.729. The van der Waals surface area contributed by atoms with Crippen LogP contribution in [0.2, 0.25) is 0 Å². The highest BCUT2D eigenvalue weighted by atomic mass is 16.5. The standard InChI is InChI=1S/C23H29N3O3/c1-3-29-23(28)19-7-9-20(10-8-19)24-12-11-22(27)26-15-13-25(14-16-26)21-6-4-5-18(2)17-21/h4-10,17,24H,3,11-16H2,1-2H3. The van der Waals surface area contributed by atoms with Crippen molar-refractivity contribution in [1.29, 1.82) is 0 Å². The van der Waals surface area contributed by atoms with E-state index in [-0.39, 0.29) is 11.9 Å². The second-order valence-electron chi connectivity index (χ2n) is 7.18. The minimum atomic E-state index is -0.320. The topological polar surface area (TPSA) is 61.9 Å². The summed E-state index contributed by atoms with van der Waals surface area (Å²) in [5.41, 5.74) is 3.89. The van der Waals surface area contributed by atoms with Crippen LogP contribution in [-0.4, -0.2) is 56.1 Å². The van der Waals surface area contributed by atoms with Crippen LogP contribution in [0.1, 0.15) is 29.3 Å². The summed E-state index contributed by atoms with van der Waals surface area (Å²) in [6.07, 6.45) is 0.448. The van der Waals surface area contributed by atoms with E-state index in [1.165, 1.54) is 11.3 Å². The number of rotatable bonds is 7. The summed E-state index contributed by atoms with van der Waals surface area (Å²) >= 11 is 0. The molecule has 6 nitrogen and oxygen atoms in total. The van der Waals surface area contributed by atoms with Crippen molar-refractivity contribution in [3.63, 3.8) is 0 Å². The zero-order valence-electron chi connectivity index (χ0n) is 17.2. The van der Waals surface area contributed by atoms with Crippen molar-refractivity contribution in [2.24, 2.45) is 0 Å². The van der Waals surface area contributed by atoms with Crippen molar-refractivity contribution in [2.45, 2.75) is 20.3 Å². The molecule has 1 saturated heterocycles. The highest BCUT2D eigenvalue weighted by Gasteiger charge is 2.21. The maximum Gasteiger partial charge on any atom is 0.338 e. The van der Waals surface area contributed by atoms with Crippen LogP contribution in [0.4, 0.5) is 11.4 Å². The Balaban J connectivity index is 1.41. The molecule has 1 amide bonds. The van der Waals surface area contributed by atoms with E-state index >= 15 is 0 Å². The number of nitrogens with zero attached hydrogens (tertiary/aromatic N) is 2. The van der Waals surface area contributed by atoms with E-state index in [0.29, 0.717) is 25.1 Å². The minimum Gasteiger partial charge on any atom is -0.462 e. The Bertz CT molecular complexity index is 828. The fourth-order valence-electron chi connectivity index (χ4n) is 3.45. The summed E-state index contributed by atoms with van der Waals surface area (Å²) in [7, 11) is 0. The van der Waals surface area contributed by atoms with Gasteiger partial charge in [-0.15, -0.1) is 0 Å². The van der Waals surface area contributed by atoms with Crippen LogP contribution in [0.25, 0.3) is 0 Å². The number of hydrogen-bond acceptors (Lipinski definition) is 5. The summed E-state index contributed by atoms with van der Waals surface area (Å²) < 4.78 is 4.98. The van der Waals surface area contributed by atoms with Gasteiger partial charge < -0.3 is 19.9 Å². The first-order valence-electron chi connectivity index (χ1n) is 10.2. The largest absolute Gasteiger partial charge is 0.462 e. The fourth-order valence-corrected chi connectivity index (χ4v) is 3.45. The number of piperazine rings is 1. The van der Waals surface area contributed by atoms with Gasteiger partial charge in [0.25, 0.3) is 0 Å². The maximum atomic E-state index is 12.5. The van der Waals surface area contributed by atoms with Gasteiger partial charge in [-0.1, -0.05) is 12.1 Å². The lowest BCUT2D eigenvalue weighted by molar-refractivity contribution is -0.131. The summed E-state index contributed by atoms with van der Waals surface area (Å²) in [6.45, 7) is 8.03. The van der Waals surface area contributed by atoms with Crippen molar-refractivity contribution in [1.82, 2.24) is 4.90 Å². The van der Waals surface area contributed by atoms with E-state index in [1.54, 1.807) is 19.1 Å². The molecule has 0 aliphatic carbocycles. The third kappa shape index (κ3) is 5.73. The predicted molar refractivity (Wildman–Crippen MR) is 115 cm³/mol. The third-order valence-corrected chi connectivity index (χ3v) is 5.06. The highest BCUT2D eigenvalue weighted by Crippen LogP contribution is 2.18. The first kappa shape index (κ1) is 20.7. The maximum absolute atomic E-state index is 12.5. The van der Waals surface area contributed by atoms with Crippen LogP contribution in [0.15, 0.2) is 48.5 Å². The molecule has 0 spiro atoms. The molecule has 0 saturated carbocycles. The molecule has 0 unspecified atom stereocenters. The third-order valence-electron chi connectivity index (χ3n) is 5.06. The number of hydrogen-bond donors (Lipinski definition) is 1. The van der Waals surface area contributed by atoms with Crippen LogP contribution in [-0.2, 0) is 9.53 Å². The van der Waals surface area contributed by atoms with Gasteiger partial charge in [0, 0.05) is 50.5 Å². The number of benzene rings is 2. The number of aryl methyl sites for hydroxylation is 1. The number of nitrogens with one attached hydrogen (secondary N) is 1. The second-order valence-corrected chi connectivity index (χ2v) is 7.18. The summed E-state index contributed by atoms with van der Waals surface area (Å²) in [4.78, 5) is 28.5. The Labute approximate surface area is 172 Å². The van der Waals surface area contributed by atoms with Gasteiger partial charge in [-0.2, -0.15) is 0 Å². The van der Waals surface area contributed by atoms with E-state index in [2.05, 4.69) is 41.4 Å². The first-order chi connectivity index (χ1) is 14.1. The Kier molecular flexibility index (Phi) is 7.11. The van der Waals surface area contributed by atoms with Crippen LogP contribution in [0.5, 0.6) is 0 Å². The van der Waals surface area contributed by atoms with E-state index in [4.69, 9.17) is 4.74 Å². The van der Waals surface area contributed by atoms with E-state index in [1.807, 2.05) is 17.0 Å².